The van der Waals surface area contributed by atoms with Gasteiger partial charge in [0.2, 0.25) is 5.91 Å². The fourth-order valence-electron chi connectivity index (χ4n) is 4.59. The van der Waals surface area contributed by atoms with E-state index in [2.05, 4.69) is 72.1 Å². The summed E-state index contributed by atoms with van der Waals surface area (Å²) in [5.41, 5.74) is 2.10. The SMILES string of the molecule is C=C[C@]1(C)C[C@H]2CC(c3ccccc3)(c3ccccc3)CN2C1=O. The molecule has 2 aromatic carbocycles. The lowest BCUT2D eigenvalue weighted by molar-refractivity contribution is -0.133. The summed E-state index contributed by atoms with van der Waals surface area (Å²) in [5.74, 6) is 0.233. The van der Waals surface area contributed by atoms with Gasteiger partial charge in [-0.05, 0) is 30.9 Å². The average Bonchev–Trinajstić information content (AvgIpc) is 3.12. The molecule has 2 heterocycles. The van der Waals surface area contributed by atoms with Crippen molar-refractivity contribution in [1.82, 2.24) is 4.90 Å². The van der Waals surface area contributed by atoms with Gasteiger partial charge in [-0.2, -0.15) is 0 Å². The van der Waals surface area contributed by atoms with Crippen LogP contribution in [0.4, 0.5) is 0 Å². The number of fused-ring (bicyclic) bond motifs is 1. The standard InChI is InChI=1S/C22H23NO/c1-3-21(2)14-19-15-22(16-23(19)20(21)24,17-10-6-4-7-11-17)18-12-8-5-9-13-18/h3-13,19H,1,14-16H2,2H3/t19-,21+/m0/s1. The number of nitrogens with zero attached hydrogens (tertiary/aromatic N) is 1. The van der Waals surface area contributed by atoms with Crippen molar-refractivity contribution in [3.05, 3.63) is 84.4 Å². The first-order chi connectivity index (χ1) is 11.6. The molecule has 122 valence electrons. The predicted molar refractivity (Wildman–Crippen MR) is 96.7 cm³/mol. The van der Waals surface area contributed by atoms with Gasteiger partial charge in [-0.3, -0.25) is 4.79 Å². The van der Waals surface area contributed by atoms with Crippen LogP contribution in [-0.4, -0.2) is 23.4 Å². The topological polar surface area (TPSA) is 20.3 Å². The Balaban J connectivity index is 1.79. The highest BCUT2D eigenvalue weighted by Crippen LogP contribution is 2.51. The zero-order valence-electron chi connectivity index (χ0n) is 14.1. The van der Waals surface area contributed by atoms with Gasteiger partial charge in [-0.15, -0.1) is 6.58 Å². The molecule has 0 radical (unpaired) electrons. The molecular weight excluding hydrogens is 294 g/mol. The summed E-state index contributed by atoms with van der Waals surface area (Å²) in [6.07, 6.45) is 3.69. The van der Waals surface area contributed by atoms with Gasteiger partial charge in [0.1, 0.15) is 0 Å². The summed E-state index contributed by atoms with van der Waals surface area (Å²) in [6, 6.07) is 21.6. The van der Waals surface area contributed by atoms with Crippen LogP contribution in [0.15, 0.2) is 73.3 Å². The third kappa shape index (κ3) is 2.06. The van der Waals surface area contributed by atoms with Crippen molar-refractivity contribution >= 4 is 5.91 Å². The smallest absolute Gasteiger partial charge is 0.232 e. The largest absolute Gasteiger partial charge is 0.338 e. The molecule has 0 saturated carbocycles. The third-order valence-electron chi connectivity index (χ3n) is 5.98. The van der Waals surface area contributed by atoms with Crippen molar-refractivity contribution in [2.75, 3.05) is 6.54 Å². The van der Waals surface area contributed by atoms with E-state index in [1.54, 1.807) is 0 Å². The molecule has 0 N–H and O–H groups in total. The van der Waals surface area contributed by atoms with Crippen molar-refractivity contribution in [1.29, 1.82) is 0 Å². The van der Waals surface area contributed by atoms with E-state index in [1.165, 1.54) is 11.1 Å². The van der Waals surface area contributed by atoms with Gasteiger partial charge >= 0.3 is 0 Å². The minimum atomic E-state index is -0.399. The minimum Gasteiger partial charge on any atom is -0.338 e. The van der Waals surface area contributed by atoms with Crippen LogP contribution < -0.4 is 0 Å². The number of hydrogen-bond donors (Lipinski definition) is 0. The fourth-order valence-corrected chi connectivity index (χ4v) is 4.59. The molecule has 2 heteroatoms. The summed E-state index contributed by atoms with van der Waals surface area (Å²) < 4.78 is 0. The van der Waals surface area contributed by atoms with E-state index in [-0.39, 0.29) is 11.3 Å². The van der Waals surface area contributed by atoms with Crippen LogP contribution >= 0.6 is 0 Å². The molecule has 0 unspecified atom stereocenters. The summed E-state index contributed by atoms with van der Waals surface area (Å²) in [7, 11) is 0. The number of carbonyl (C=O) groups is 1. The molecule has 0 aliphatic carbocycles. The lowest BCUT2D eigenvalue weighted by Gasteiger charge is -2.32. The van der Waals surface area contributed by atoms with Crippen molar-refractivity contribution in [2.45, 2.75) is 31.2 Å². The molecule has 2 aliphatic rings. The van der Waals surface area contributed by atoms with Crippen LogP contribution in [-0.2, 0) is 10.2 Å². The van der Waals surface area contributed by atoms with E-state index in [0.717, 1.165) is 19.4 Å². The monoisotopic (exact) mass is 317 g/mol. The van der Waals surface area contributed by atoms with Crippen LogP contribution in [0.25, 0.3) is 0 Å². The molecule has 2 fully saturated rings. The van der Waals surface area contributed by atoms with Crippen molar-refractivity contribution in [2.24, 2.45) is 5.41 Å². The minimum absolute atomic E-state index is 0.106. The van der Waals surface area contributed by atoms with Crippen LogP contribution in [0, 0.1) is 5.41 Å². The Bertz CT molecular complexity index is 728. The zero-order valence-corrected chi connectivity index (χ0v) is 14.1. The van der Waals surface area contributed by atoms with E-state index < -0.39 is 5.41 Å². The molecule has 0 aromatic heterocycles. The summed E-state index contributed by atoms with van der Waals surface area (Å²) in [6.45, 7) is 6.68. The number of benzene rings is 2. The number of hydrogen-bond acceptors (Lipinski definition) is 1. The van der Waals surface area contributed by atoms with Crippen molar-refractivity contribution in [3.63, 3.8) is 0 Å². The van der Waals surface area contributed by atoms with Crippen LogP contribution in [0.2, 0.25) is 0 Å². The van der Waals surface area contributed by atoms with Gasteiger partial charge in [-0.25, -0.2) is 0 Å². The summed E-state index contributed by atoms with van der Waals surface area (Å²) in [5, 5.41) is 0. The Hall–Kier alpha value is -2.35. The highest BCUT2D eigenvalue weighted by Gasteiger charge is 2.56. The summed E-state index contributed by atoms with van der Waals surface area (Å²) in [4.78, 5) is 15.0. The third-order valence-corrected chi connectivity index (χ3v) is 5.98. The first-order valence-electron chi connectivity index (χ1n) is 8.65. The molecule has 2 nitrogen and oxygen atoms in total. The number of carbonyl (C=O) groups excluding carboxylic acids is 1. The maximum Gasteiger partial charge on any atom is 0.232 e. The van der Waals surface area contributed by atoms with Gasteiger partial charge in [0.05, 0.1) is 5.41 Å². The summed E-state index contributed by atoms with van der Waals surface area (Å²) >= 11 is 0. The zero-order chi connectivity index (χ0) is 16.8. The lowest BCUT2D eigenvalue weighted by Crippen LogP contribution is -2.38. The molecule has 0 spiro atoms. The molecule has 24 heavy (non-hydrogen) atoms. The number of rotatable bonds is 3. The van der Waals surface area contributed by atoms with Gasteiger partial charge in [0, 0.05) is 18.0 Å². The van der Waals surface area contributed by atoms with Gasteiger partial charge in [0.25, 0.3) is 0 Å². The molecule has 4 rings (SSSR count). The fraction of sp³-hybridized carbons (Fsp3) is 0.318. The quantitative estimate of drug-likeness (QED) is 0.778. The first kappa shape index (κ1) is 15.2. The van der Waals surface area contributed by atoms with E-state index in [4.69, 9.17) is 0 Å². The normalized spacial score (nSPS) is 28.0. The van der Waals surface area contributed by atoms with E-state index in [9.17, 15) is 4.79 Å². The Morgan fingerprint density at radius 3 is 2.00 bits per heavy atom. The van der Waals surface area contributed by atoms with Crippen molar-refractivity contribution < 1.29 is 4.79 Å². The molecule has 1 amide bonds. The second-order valence-electron chi connectivity index (χ2n) is 7.43. The van der Waals surface area contributed by atoms with Crippen LogP contribution in [0.3, 0.4) is 0 Å². The van der Waals surface area contributed by atoms with Gasteiger partial charge < -0.3 is 4.90 Å². The second-order valence-corrected chi connectivity index (χ2v) is 7.43. The maximum atomic E-state index is 12.9. The molecular formula is C22H23NO. The Labute approximate surface area is 143 Å². The maximum absolute atomic E-state index is 12.9. The number of amides is 1. The van der Waals surface area contributed by atoms with Crippen LogP contribution in [0.1, 0.15) is 30.9 Å². The molecule has 0 bridgehead atoms. The Kier molecular flexibility index (Phi) is 3.38. The Morgan fingerprint density at radius 2 is 1.54 bits per heavy atom. The highest BCUT2D eigenvalue weighted by molar-refractivity contribution is 5.87. The molecule has 2 aliphatic heterocycles. The second kappa shape index (κ2) is 5.34. The molecule has 2 aromatic rings. The van der Waals surface area contributed by atoms with E-state index >= 15 is 0 Å². The van der Waals surface area contributed by atoms with E-state index in [0.29, 0.717) is 6.04 Å². The lowest BCUT2D eigenvalue weighted by atomic mass is 9.71. The average molecular weight is 317 g/mol. The molecule has 2 atom stereocenters. The van der Waals surface area contributed by atoms with Gasteiger partial charge in [-0.1, -0.05) is 66.7 Å². The van der Waals surface area contributed by atoms with E-state index in [1.807, 2.05) is 13.0 Å². The van der Waals surface area contributed by atoms with Crippen LogP contribution in [0.5, 0.6) is 0 Å². The first-order valence-corrected chi connectivity index (χ1v) is 8.65. The van der Waals surface area contributed by atoms with Gasteiger partial charge in [0.15, 0.2) is 0 Å². The highest BCUT2D eigenvalue weighted by atomic mass is 16.2. The molecule has 2 saturated heterocycles. The predicted octanol–water partition coefficient (Wildman–Crippen LogP) is 4.17. The van der Waals surface area contributed by atoms with Crippen molar-refractivity contribution in [3.8, 4) is 0 Å². The Morgan fingerprint density at radius 1 is 1.00 bits per heavy atom.